The van der Waals surface area contributed by atoms with Crippen LogP contribution in [0.3, 0.4) is 0 Å². The first-order chi connectivity index (χ1) is 10.2. The SMILES string of the molecule is COc1nscc1-c1noc(-c2cnc(CC(C)C)s2)n1. The zero-order valence-corrected chi connectivity index (χ0v) is 13.5. The van der Waals surface area contributed by atoms with Gasteiger partial charge in [0, 0.05) is 11.8 Å². The van der Waals surface area contributed by atoms with E-state index < -0.39 is 0 Å². The van der Waals surface area contributed by atoms with Gasteiger partial charge in [0.1, 0.15) is 4.88 Å². The Morgan fingerprint density at radius 3 is 3.00 bits per heavy atom. The Labute approximate surface area is 130 Å². The predicted molar refractivity (Wildman–Crippen MR) is 81.6 cm³/mol. The highest BCUT2D eigenvalue weighted by Crippen LogP contribution is 2.32. The van der Waals surface area contributed by atoms with Gasteiger partial charge in [-0.25, -0.2) is 4.98 Å². The van der Waals surface area contributed by atoms with E-state index in [2.05, 4.69) is 33.3 Å². The molecule has 0 atom stereocenters. The molecule has 0 spiro atoms. The third kappa shape index (κ3) is 2.96. The standard InChI is InChI=1S/C13H14N4O2S2/c1-7(2)4-10-14-5-9(21-10)13-15-11(16-19-13)8-6-20-17-12(8)18-3/h5-7H,4H2,1-3H3. The molecule has 0 fully saturated rings. The van der Waals surface area contributed by atoms with Gasteiger partial charge in [-0.05, 0) is 17.5 Å². The molecule has 21 heavy (non-hydrogen) atoms. The zero-order valence-electron chi connectivity index (χ0n) is 11.9. The van der Waals surface area contributed by atoms with E-state index in [1.54, 1.807) is 24.6 Å². The summed E-state index contributed by atoms with van der Waals surface area (Å²) in [6.45, 7) is 4.34. The third-order valence-electron chi connectivity index (χ3n) is 2.74. The van der Waals surface area contributed by atoms with Crippen LogP contribution in [0.4, 0.5) is 0 Å². The fourth-order valence-electron chi connectivity index (χ4n) is 1.81. The smallest absolute Gasteiger partial charge is 0.269 e. The van der Waals surface area contributed by atoms with Gasteiger partial charge in [-0.3, -0.25) is 0 Å². The molecule has 3 aromatic rings. The van der Waals surface area contributed by atoms with E-state index in [-0.39, 0.29) is 0 Å². The van der Waals surface area contributed by atoms with Crippen molar-refractivity contribution in [2.24, 2.45) is 5.92 Å². The number of nitrogens with zero attached hydrogens (tertiary/aromatic N) is 4. The highest BCUT2D eigenvalue weighted by Gasteiger charge is 2.18. The van der Waals surface area contributed by atoms with E-state index in [1.165, 1.54) is 11.5 Å². The fraction of sp³-hybridized carbons (Fsp3) is 0.385. The molecule has 0 saturated carbocycles. The predicted octanol–water partition coefficient (Wildman–Crippen LogP) is 3.52. The second-order valence-corrected chi connectivity index (χ2v) is 6.62. The summed E-state index contributed by atoms with van der Waals surface area (Å²) in [5.41, 5.74) is 0.740. The highest BCUT2D eigenvalue weighted by atomic mass is 32.1. The minimum absolute atomic E-state index is 0.478. The number of hydrogen-bond acceptors (Lipinski definition) is 8. The summed E-state index contributed by atoms with van der Waals surface area (Å²) in [7, 11) is 1.57. The zero-order chi connectivity index (χ0) is 14.8. The van der Waals surface area contributed by atoms with Crippen LogP contribution in [-0.2, 0) is 6.42 Å². The van der Waals surface area contributed by atoms with Crippen molar-refractivity contribution in [1.82, 2.24) is 19.5 Å². The minimum atomic E-state index is 0.478. The highest BCUT2D eigenvalue weighted by molar-refractivity contribution is 7.15. The van der Waals surface area contributed by atoms with Crippen LogP contribution < -0.4 is 4.74 Å². The molecule has 3 rings (SSSR count). The van der Waals surface area contributed by atoms with Gasteiger partial charge >= 0.3 is 0 Å². The lowest BCUT2D eigenvalue weighted by Gasteiger charge is -1.97. The van der Waals surface area contributed by atoms with E-state index in [4.69, 9.17) is 9.26 Å². The topological polar surface area (TPSA) is 73.9 Å². The third-order valence-corrected chi connectivity index (χ3v) is 4.36. The second kappa shape index (κ2) is 5.90. The first-order valence-electron chi connectivity index (χ1n) is 6.45. The number of ether oxygens (including phenoxy) is 1. The molecule has 0 aliphatic rings. The number of methoxy groups -OCH3 is 1. The quantitative estimate of drug-likeness (QED) is 0.715. The Morgan fingerprint density at radius 2 is 2.24 bits per heavy atom. The Kier molecular flexibility index (Phi) is 3.98. The Morgan fingerprint density at radius 1 is 1.38 bits per heavy atom. The van der Waals surface area contributed by atoms with Crippen molar-refractivity contribution in [1.29, 1.82) is 0 Å². The first-order valence-corrected chi connectivity index (χ1v) is 8.10. The molecule has 0 aliphatic carbocycles. The largest absolute Gasteiger partial charge is 0.480 e. The van der Waals surface area contributed by atoms with E-state index >= 15 is 0 Å². The molecule has 0 aromatic carbocycles. The maximum Gasteiger partial charge on any atom is 0.269 e. The van der Waals surface area contributed by atoms with E-state index in [0.717, 1.165) is 21.9 Å². The molecule has 8 heteroatoms. The van der Waals surface area contributed by atoms with Crippen LogP contribution in [0.2, 0.25) is 0 Å². The second-order valence-electron chi connectivity index (χ2n) is 4.88. The summed E-state index contributed by atoms with van der Waals surface area (Å²) in [5, 5.41) is 6.91. The van der Waals surface area contributed by atoms with Crippen molar-refractivity contribution in [2.45, 2.75) is 20.3 Å². The van der Waals surface area contributed by atoms with E-state index in [0.29, 0.717) is 23.5 Å². The van der Waals surface area contributed by atoms with Crippen LogP contribution in [0.15, 0.2) is 16.1 Å². The molecule has 0 amide bonds. The molecule has 3 aromatic heterocycles. The van der Waals surface area contributed by atoms with Gasteiger partial charge in [0.2, 0.25) is 11.7 Å². The number of thiazole rings is 1. The lowest BCUT2D eigenvalue weighted by Crippen LogP contribution is -1.91. The minimum Gasteiger partial charge on any atom is -0.480 e. The van der Waals surface area contributed by atoms with Crippen molar-refractivity contribution in [3.8, 4) is 28.0 Å². The molecule has 0 N–H and O–H groups in total. The van der Waals surface area contributed by atoms with Gasteiger partial charge in [0.25, 0.3) is 5.89 Å². The Hall–Kier alpha value is -1.80. The van der Waals surface area contributed by atoms with Gasteiger partial charge in [-0.2, -0.15) is 9.36 Å². The van der Waals surface area contributed by atoms with Crippen LogP contribution in [0.1, 0.15) is 18.9 Å². The van der Waals surface area contributed by atoms with Crippen molar-refractivity contribution in [3.63, 3.8) is 0 Å². The van der Waals surface area contributed by atoms with Crippen molar-refractivity contribution in [3.05, 3.63) is 16.6 Å². The molecule has 3 heterocycles. The van der Waals surface area contributed by atoms with E-state index in [1.807, 2.05) is 5.38 Å². The molecular formula is C13H14N4O2S2. The molecule has 0 unspecified atom stereocenters. The summed E-state index contributed by atoms with van der Waals surface area (Å²) in [5.74, 6) is 2.04. The average Bonchev–Trinajstić information content (AvgIpc) is 3.17. The van der Waals surface area contributed by atoms with Gasteiger partial charge in [-0.1, -0.05) is 19.0 Å². The summed E-state index contributed by atoms with van der Waals surface area (Å²) >= 11 is 2.88. The van der Waals surface area contributed by atoms with E-state index in [9.17, 15) is 0 Å². The Balaban J connectivity index is 1.86. The number of aromatic nitrogens is 4. The van der Waals surface area contributed by atoms with Crippen molar-refractivity contribution < 1.29 is 9.26 Å². The molecule has 0 radical (unpaired) electrons. The van der Waals surface area contributed by atoms with Gasteiger partial charge < -0.3 is 9.26 Å². The van der Waals surface area contributed by atoms with Crippen LogP contribution in [-0.4, -0.2) is 26.6 Å². The summed E-state index contributed by atoms with van der Waals surface area (Å²) < 4.78 is 14.6. The van der Waals surface area contributed by atoms with Gasteiger partial charge in [-0.15, -0.1) is 11.3 Å². The molecule has 0 aliphatic heterocycles. The molecular weight excluding hydrogens is 308 g/mol. The maximum absolute atomic E-state index is 5.32. The average molecular weight is 322 g/mol. The monoisotopic (exact) mass is 322 g/mol. The molecule has 6 nitrogen and oxygen atoms in total. The van der Waals surface area contributed by atoms with Gasteiger partial charge in [0.15, 0.2) is 0 Å². The summed E-state index contributed by atoms with van der Waals surface area (Å²) in [6.07, 6.45) is 2.73. The number of hydrogen-bond donors (Lipinski definition) is 0. The molecule has 0 saturated heterocycles. The lowest BCUT2D eigenvalue weighted by atomic mass is 10.1. The Bertz CT molecular complexity index is 732. The molecule has 110 valence electrons. The molecule has 0 bridgehead atoms. The number of rotatable bonds is 5. The van der Waals surface area contributed by atoms with Gasteiger partial charge in [0.05, 0.1) is 23.9 Å². The fourth-order valence-corrected chi connectivity index (χ4v) is 3.49. The van der Waals surface area contributed by atoms with Crippen molar-refractivity contribution in [2.75, 3.05) is 7.11 Å². The van der Waals surface area contributed by atoms with Crippen molar-refractivity contribution >= 4 is 22.9 Å². The lowest BCUT2D eigenvalue weighted by molar-refractivity contribution is 0.402. The van der Waals surface area contributed by atoms with Crippen LogP contribution in [0.25, 0.3) is 22.2 Å². The van der Waals surface area contributed by atoms with Crippen LogP contribution >= 0.6 is 22.9 Å². The van der Waals surface area contributed by atoms with Crippen LogP contribution in [0.5, 0.6) is 5.88 Å². The summed E-state index contributed by atoms with van der Waals surface area (Å²) in [6, 6.07) is 0. The normalized spacial score (nSPS) is 11.2. The van der Waals surface area contributed by atoms with Crippen LogP contribution in [0, 0.1) is 5.92 Å². The maximum atomic E-state index is 5.32. The summed E-state index contributed by atoms with van der Waals surface area (Å²) in [4.78, 5) is 9.68. The first kappa shape index (κ1) is 14.2.